The van der Waals surface area contributed by atoms with Gasteiger partial charge >= 0.3 is 6.09 Å². The minimum atomic E-state index is -2.47. The number of amides is 3. The smallest absolute Gasteiger partial charge is 0.407 e. The van der Waals surface area contributed by atoms with Crippen LogP contribution in [-0.4, -0.2) is 57.0 Å². The van der Waals surface area contributed by atoms with E-state index in [1.165, 1.54) is 29.2 Å². The van der Waals surface area contributed by atoms with E-state index in [1.54, 1.807) is 63.2 Å². The second-order valence-electron chi connectivity index (χ2n) is 13.6. The van der Waals surface area contributed by atoms with Crippen LogP contribution in [0.4, 0.5) is 4.79 Å². The highest BCUT2D eigenvalue weighted by molar-refractivity contribution is 6.31. The van der Waals surface area contributed by atoms with Crippen molar-refractivity contribution in [1.29, 1.82) is 0 Å². The molecule has 0 saturated carbocycles. The summed E-state index contributed by atoms with van der Waals surface area (Å²) in [5.41, 5.74) is 2.82. The first-order chi connectivity index (χ1) is 23.7. The van der Waals surface area contributed by atoms with E-state index in [-0.39, 0.29) is 46.8 Å². The van der Waals surface area contributed by atoms with Crippen LogP contribution < -0.4 is 11.1 Å². The number of rotatable bonds is 8. The number of aliphatic hydroxyl groups is 2. The zero-order chi connectivity index (χ0) is 36.0. The van der Waals surface area contributed by atoms with Gasteiger partial charge in [-0.15, -0.1) is 0 Å². The highest BCUT2D eigenvalue weighted by atomic mass is 35.5. The number of halogens is 1. The van der Waals surface area contributed by atoms with Crippen molar-refractivity contribution in [3.8, 4) is 11.1 Å². The molecule has 11 heteroatoms. The molecule has 1 unspecified atom stereocenters. The summed E-state index contributed by atoms with van der Waals surface area (Å²) in [6, 6.07) is 23.9. The summed E-state index contributed by atoms with van der Waals surface area (Å²) < 4.78 is 5.42. The summed E-state index contributed by atoms with van der Waals surface area (Å²) in [6.45, 7) is 4.90. The number of nitrogens with one attached hydrogen (secondary N) is 1. The van der Waals surface area contributed by atoms with E-state index in [4.69, 9.17) is 22.1 Å². The Morgan fingerprint density at radius 3 is 2.10 bits per heavy atom. The molecule has 2 aliphatic rings. The van der Waals surface area contributed by atoms with Crippen molar-refractivity contribution in [1.82, 2.24) is 10.2 Å². The van der Waals surface area contributed by atoms with E-state index < -0.39 is 46.5 Å². The average Bonchev–Trinajstić information content (AvgIpc) is 3.68. The van der Waals surface area contributed by atoms with E-state index in [0.29, 0.717) is 17.5 Å². The van der Waals surface area contributed by atoms with Gasteiger partial charge in [-0.05, 0) is 68.0 Å². The standard InChI is InChI=1S/C39H38ClN3O7/c1-37(2,3)50-36(47)42-22-28-27(20-24(40)21-31(28)38(48,34(41)45)23-12-5-4-6-13-23)33(44)32-18-11-19-43(32)35(46)39(49)29-16-9-7-14-25(29)26-15-8-10-17-30(26)39/h4-10,12-17,20-21,32,48-49H,11,18-19,22H2,1-3H3,(H2,41,45)(H,42,47)/t32-,38?/m0/s1. The van der Waals surface area contributed by atoms with Gasteiger partial charge in [-0.1, -0.05) is 90.5 Å². The molecule has 1 heterocycles. The Balaban J connectivity index is 1.45. The Hall–Kier alpha value is -5.03. The SMILES string of the molecule is CC(C)(C)OC(=O)NCc1c(C(=O)[C@@H]2CCCN2C(=O)C2(O)c3ccccc3-c3ccccc32)cc(Cl)cc1C(O)(C(N)=O)c1ccccc1. The summed E-state index contributed by atoms with van der Waals surface area (Å²) in [7, 11) is 0. The molecule has 0 aromatic heterocycles. The minimum absolute atomic E-state index is 0.00752. The molecular weight excluding hydrogens is 658 g/mol. The van der Waals surface area contributed by atoms with Gasteiger partial charge in [0.1, 0.15) is 5.60 Å². The van der Waals surface area contributed by atoms with Gasteiger partial charge in [0.25, 0.3) is 11.8 Å². The summed E-state index contributed by atoms with van der Waals surface area (Å²) in [5, 5.41) is 27.0. The summed E-state index contributed by atoms with van der Waals surface area (Å²) in [4.78, 5) is 56.6. The average molecular weight is 696 g/mol. The summed E-state index contributed by atoms with van der Waals surface area (Å²) >= 11 is 6.61. The number of carbonyl (C=O) groups is 4. The fourth-order valence-corrected chi connectivity index (χ4v) is 7.28. The number of ketones is 1. The molecule has 4 aromatic carbocycles. The monoisotopic (exact) mass is 695 g/mol. The van der Waals surface area contributed by atoms with Crippen LogP contribution in [0.5, 0.6) is 0 Å². The minimum Gasteiger partial charge on any atom is -0.444 e. The summed E-state index contributed by atoms with van der Waals surface area (Å²) in [5.74, 6) is -2.34. The lowest BCUT2D eigenvalue weighted by molar-refractivity contribution is -0.148. The third-order valence-corrected chi connectivity index (χ3v) is 9.49. The molecule has 258 valence electrons. The Kier molecular flexibility index (Phi) is 9.07. The Morgan fingerprint density at radius 2 is 1.52 bits per heavy atom. The van der Waals surface area contributed by atoms with Crippen molar-refractivity contribution >= 4 is 35.3 Å². The lowest BCUT2D eigenvalue weighted by Gasteiger charge is -2.34. The zero-order valence-corrected chi connectivity index (χ0v) is 28.7. The molecule has 6 rings (SSSR count). The largest absolute Gasteiger partial charge is 0.444 e. The van der Waals surface area contributed by atoms with Crippen LogP contribution in [0, 0.1) is 0 Å². The van der Waals surface area contributed by atoms with Crippen LogP contribution in [0.3, 0.4) is 0 Å². The van der Waals surface area contributed by atoms with Gasteiger partial charge < -0.3 is 30.9 Å². The van der Waals surface area contributed by atoms with Crippen LogP contribution >= 0.6 is 11.6 Å². The fourth-order valence-electron chi connectivity index (χ4n) is 7.07. The molecule has 0 radical (unpaired) electrons. The van der Waals surface area contributed by atoms with Gasteiger partial charge in [-0.25, -0.2) is 4.79 Å². The predicted octanol–water partition coefficient (Wildman–Crippen LogP) is 5.18. The number of carbonyl (C=O) groups excluding carboxylic acids is 4. The van der Waals surface area contributed by atoms with Gasteiger partial charge in [0.15, 0.2) is 17.0 Å². The second kappa shape index (κ2) is 13.0. The number of Topliss-reactive ketones (excluding diaryl/α,β-unsaturated/α-hetero) is 1. The van der Waals surface area contributed by atoms with Gasteiger partial charge in [0.2, 0.25) is 0 Å². The van der Waals surface area contributed by atoms with E-state index >= 15 is 0 Å². The third-order valence-electron chi connectivity index (χ3n) is 9.28. The number of alkyl carbamates (subject to hydrolysis) is 1. The topological polar surface area (TPSA) is 159 Å². The van der Waals surface area contributed by atoms with E-state index in [2.05, 4.69) is 5.32 Å². The fraction of sp³-hybridized carbons (Fsp3) is 0.282. The lowest BCUT2D eigenvalue weighted by atomic mass is 9.80. The quantitative estimate of drug-likeness (QED) is 0.185. The van der Waals surface area contributed by atoms with Gasteiger partial charge in [0, 0.05) is 40.4 Å². The number of primary amides is 1. The number of fused-ring (bicyclic) bond motifs is 3. The highest BCUT2D eigenvalue weighted by Gasteiger charge is 2.52. The summed E-state index contributed by atoms with van der Waals surface area (Å²) in [6.07, 6.45) is -0.0725. The zero-order valence-electron chi connectivity index (χ0n) is 27.9. The number of nitrogens with zero attached hydrogens (tertiary/aromatic N) is 1. The van der Waals surface area contributed by atoms with Gasteiger partial charge in [-0.2, -0.15) is 0 Å². The number of hydrogen-bond acceptors (Lipinski definition) is 7. The molecule has 1 aliphatic carbocycles. The van der Waals surface area contributed by atoms with Crippen LogP contribution in [0.2, 0.25) is 5.02 Å². The number of likely N-dealkylation sites (tertiary alicyclic amines) is 1. The second-order valence-corrected chi connectivity index (χ2v) is 14.0. The molecule has 1 fully saturated rings. The van der Waals surface area contributed by atoms with Crippen LogP contribution in [0.1, 0.15) is 71.8 Å². The van der Waals surface area contributed by atoms with Crippen molar-refractivity contribution in [2.45, 2.75) is 63.0 Å². The van der Waals surface area contributed by atoms with Crippen LogP contribution in [0.25, 0.3) is 11.1 Å². The Bertz CT molecular complexity index is 1960. The maximum absolute atomic E-state index is 14.7. The molecule has 10 nitrogen and oxygen atoms in total. The molecule has 0 spiro atoms. The van der Waals surface area contributed by atoms with E-state index in [9.17, 15) is 29.4 Å². The molecule has 3 amide bonds. The Labute approximate surface area is 294 Å². The van der Waals surface area contributed by atoms with Crippen LogP contribution in [0.15, 0.2) is 91.0 Å². The molecule has 2 atom stereocenters. The van der Waals surface area contributed by atoms with E-state index in [0.717, 1.165) is 11.1 Å². The van der Waals surface area contributed by atoms with Crippen LogP contribution in [-0.2, 0) is 32.1 Å². The molecule has 5 N–H and O–H groups in total. The van der Waals surface area contributed by atoms with Crippen molar-refractivity contribution in [3.63, 3.8) is 0 Å². The van der Waals surface area contributed by atoms with Gasteiger partial charge in [-0.3, -0.25) is 14.4 Å². The Morgan fingerprint density at radius 1 is 0.940 bits per heavy atom. The molecular formula is C39H38ClN3O7. The molecule has 50 heavy (non-hydrogen) atoms. The first kappa shape index (κ1) is 34.8. The van der Waals surface area contributed by atoms with Crippen molar-refractivity contribution in [3.05, 3.63) is 129 Å². The van der Waals surface area contributed by atoms with Crippen molar-refractivity contribution in [2.75, 3.05) is 6.54 Å². The molecule has 4 aromatic rings. The molecule has 0 bridgehead atoms. The highest BCUT2D eigenvalue weighted by Crippen LogP contribution is 2.49. The van der Waals surface area contributed by atoms with Crippen molar-refractivity contribution < 1.29 is 34.1 Å². The first-order valence-electron chi connectivity index (χ1n) is 16.3. The first-order valence-corrected chi connectivity index (χ1v) is 16.7. The lowest BCUT2D eigenvalue weighted by Crippen LogP contribution is -2.51. The maximum Gasteiger partial charge on any atom is 0.407 e. The third kappa shape index (κ3) is 5.93. The van der Waals surface area contributed by atoms with Crippen molar-refractivity contribution in [2.24, 2.45) is 5.73 Å². The maximum atomic E-state index is 14.7. The van der Waals surface area contributed by atoms with Gasteiger partial charge in [0.05, 0.1) is 6.04 Å². The number of hydrogen-bond donors (Lipinski definition) is 4. The number of nitrogens with two attached hydrogens (primary N) is 1. The molecule has 1 aliphatic heterocycles. The number of ether oxygens (including phenoxy) is 1. The normalized spacial score (nSPS) is 17.3. The predicted molar refractivity (Wildman–Crippen MR) is 187 cm³/mol. The molecule has 1 saturated heterocycles. The van der Waals surface area contributed by atoms with E-state index in [1.807, 2.05) is 24.3 Å². The number of benzene rings is 4.